The number of carbonyl (C=O) groups excluding carboxylic acids is 2. The molecule has 1 aliphatic carbocycles. The summed E-state index contributed by atoms with van der Waals surface area (Å²) < 4.78 is 20.0. The zero-order chi connectivity index (χ0) is 33.5. The second-order valence-electron chi connectivity index (χ2n) is 13.5. The summed E-state index contributed by atoms with van der Waals surface area (Å²) in [5.74, 6) is 0.519. The summed E-state index contributed by atoms with van der Waals surface area (Å²) in [6.07, 6.45) is 2.90. The number of aryl methyl sites for hydroxylation is 1. The number of likely N-dealkylation sites (tertiary alicyclic amines) is 1. The van der Waals surface area contributed by atoms with Gasteiger partial charge in [-0.05, 0) is 113 Å². The quantitative estimate of drug-likeness (QED) is 0.132. The number of hydrogen-bond acceptors (Lipinski definition) is 5. The lowest BCUT2D eigenvalue weighted by molar-refractivity contribution is 0.0529. The molecule has 6 aromatic rings. The van der Waals surface area contributed by atoms with Gasteiger partial charge in [0.15, 0.2) is 11.6 Å². The highest BCUT2D eigenvalue weighted by Crippen LogP contribution is 2.45. The molecule has 1 saturated heterocycles. The predicted molar refractivity (Wildman–Crippen MR) is 193 cm³/mol. The molecule has 1 atom stereocenters. The van der Waals surface area contributed by atoms with Crippen molar-refractivity contribution in [2.75, 3.05) is 26.2 Å². The van der Waals surface area contributed by atoms with E-state index in [0.717, 1.165) is 73.2 Å². The highest BCUT2D eigenvalue weighted by atomic mass is 19.1. The third kappa shape index (κ3) is 6.00. The minimum Gasteiger partial charge on any atom is -0.490 e. The van der Waals surface area contributed by atoms with Gasteiger partial charge in [-0.1, -0.05) is 66.7 Å². The monoisotopic (exact) mass is 651 g/mol. The van der Waals surface area contributed by atoms with Crippen LogP contribution in [0, 0.1) is 11.7 Å². The lowest BCUT2D eigenvalue weighted by atomic mass is 9.82. The molecule has 1 aliphatic heterocycles. The van der Waals surface area contributed by atoms with Gasteiger partial charge < -0.3 is 14.7 Å². The van der Waals surface area contributed by atoms with Crippen LogP contribution in [0.25, 0.3) is 43.4 Å². The molecule has 1 unspecified atom stereocenters. The number of rotatable bonds is 8. The second kappa shape index (κ2) is 13.2. The van der Waals surface area contributed by atoms with Crippen molar-refractivity contribution >= 4 is 43.9 Å². The number of β-amino-alcohol motifs (C(OH)–C–C–N with tert-alkyl or cyclic N) is 1. The van der Waals surface area contributed by atoms with E-state index < -0.39 is 6.10 Å². The molecule has 1 N–H and O–H groups in total. The van der Waals surface area contributed by atoms with Crippen molar-refractivity contribution in [2.45, 2.75) is 38.2 Å². The molecule has 0 radical (unpaired) electrons. The van der Waals surface area contributed by atoms with E-state index in [1.54, 1.807) is 12.1 Å². The topological polar surface area (TPSA) is 66.8 Å². The van der Waals surface area contributed by atoms with Crippen LogP contribution in [0.3, 0.4) is 0 Å². The van der Waals surface area contributed by atoms with Gasteiger partial charge in [0.2, 0.25) is 0 Å². The number of Topliss-reactive ketones (excluding diaryl/α,β-unsaturated/α-hetero) is 2. The molecule has 2 aliphatic rings. The Balaban J connectivity index is 1.09. The van der Waals surface area contributed by atoms with Crippen LogP contribution in [-0.4, -0.2) is 53.9 Å². The Hall–Kier alpha value is -4.91. The first-order chi connectivity index (χ1) is 23.9. The molecule has 6 aromatic carbocycles. The second-order valence-corrected chi connectivity index (χ2v) is 13.5. The van der Waals surface area contributed by atoms with Crippen molar-refractivity contribution < 1.29 is 23.8 Å². The molecule has 1 heterocycles. The van der Waals surface area contributed by atoms with Crippen LogP contribution in [-0.2, 0) is 6.42 Å². The summed E-state index contributed by atoms with van der Waals surface area (Å²) in [6, 6.07) is 32.9. The molecule has 1 fully saturated rings. The molecule has 8 rings (SSSR count). The molecule has 0 amide bonds. The molecule has 0 spiro atoms. The zero-order valence-electron chi connectivity index (χ0n) is 27.3. The fourth-order valence-corrected chi connectivity index (χ4v) is 7.94. The first kappa shape index (κ1) is 31.4. The normalized spacial score (nSPS) is 16.2. The fraction of sp³-hybridized carbons (Fsp3) is 0.256. The number of ether oxygens (including phenoxy) is 1. The third-order valence-corrected chi connectivity index (χ3v) is 10.4. The molecule has 0 saturated carbocycles. The predicted octanol–water partition coefficient (Wildman–Crippen LogP) is 8.81. The number of fused-ring (bicyclic) bond motifs is 6. The van der Waals surface area contributed by atoms with Gasteiger partial charge in [0, 0.05) is 41.0 Å². The van der Waals surface area contributed by atoms with Crippen molar-refractivity contribution in [1.29, 1.82) is 0 Å². The van der Waals surface area contributed by atoms with Crippen LogP contribution in [0.4, 0.5) is 4.39 Å². The van der Waals surface area contributed by atoms with Crippen molar-refractivity contribution in [1.82, 2.24) is 4.90 Å². The van der Waals surface area contributed by atoms with Gasteiger partial charge in [-0.2, -0.15) is 0 Å². The van der Waals surface area contributed by atoms with Crippen LogP contribution in [0.15, 0.2) is 103 Å². The van der Waals surface area contributed by atoms with Crippen LogP contribution in [0.2, 0.25) is 0 Å². The number of ketones is 2. The lowest BCUT2D eigenvalue weighted by Crippen LogP contribution is -2.42. The molecular formula is C43H38FNO4. The van der Waals surface area contributed by atoms with Crippen molar-refractivity contribution in [3.63, 3.8) is 0 Å². The molecule has 0 bridgehead atoms. The average molecular weight is 652 g/mol. The first-order valence-electron chi connectivity index (χ1n) is 17.3. The summed E-state index contributed by atoms with van der Waals surface area (Å²) in [5, 5.41) is 17.8. The lowest BCUT2D eigenvalue weighted by Gasteiger charge is -2.32. The summed E-state index contributed by atoms with van der Waals surface area (Å²) >= 11 is 0. The Morgan fingerprint density at radius 1 is 0.796 bits per heavy atom. The first-order valence-corrected chi connectivity index (χ1v) is 17.3. The number of halogens is 1. The van der Waals surface area contributed by atoms with E-state index in [0.29, 0.717) is 44.5 Å². The van der Waals surface area contributed by atoms with E-state index in [4.69, 9.17) is 4.74 Å². The summed E-state index contributed by atoms with van der Waals surface area (Å²) in [6.45, 7) is 1.94. The van der Waals surface area contributed by atoms with Crippen LogP contribution in [0.5, 0.6) is 5.75 Å². The zero-order valence-corrected chi connectivity index (χ0v) is 27.3. The standard InChI is InChI=1S/C43H38FNO4/c44-31-15-12-28(13-16-31)42(48)29-20-22-45(23-21-29)25-32(46)26-49-43-34-9-4-1-6-27(34)14-17-38(43)39-24-30-7-2-3-8-33(30)37-19-18-35-36(41(37)39)10-5-11-40(35)47/h1-4,6-9,12-19,24,29,32,46H,5,10-11,20-23,25-26H2. The van der Waals surface area contributed by atoms with Gasteiger partial charge in [-0.15, -0.1) is 0 Å². The van der Waals surface area contributed by atoms with Gasteiger partial charge in [-0.3, -0.25) is 9.59 Å². The molecular weight excluding hydrogens is 613 g/mol. The SMILES string of the molecule is O=C1CCCc2c1ccc1c2c(-c2ccc3ccccc3c2OCC(O)CN2CCC(C(=O)c3ccc(F)cc3)CC2)cc2ccccc21. The molecule has 6 heteroatoms. The highest BCUT2D eigenvalue weighted by Gasteiger charge is 2.28. The molecule has 246 valence electrons. The van der Waals surface area contributed by atoms with E-state index in [9.17, 15) is 19.1 Å². The number of benzene rings is 6. The Morgan fingerprint density at radius 2 is 1.51 bits per heavy atom. The van der Waals surface area contributed by atoms with E-state index in [2.05, 4.69) is 65.6 Å². The maximum Gasteiger partial charge on any atom is 0.166 e. The Kier molecular flexibility index (Phi) is 8.44. The number of carbonyl (C=O) groups is 2. The summed E-state index contributed by atoms with van der Waals surface area (Å²) in [4.78, 5) is 28.2. The summed E-state index contributed by atoms with van der Waals surface area (Å²) in [7, 11) is 0. The molecule has 49 heavy (non-hydrogen) atoms. The van der Waals surface area contributed by atoms with E-state index in [1.165, 1.54) is 12.1 Å². The Labute approximate surface area is 284 Å². The number of aliphatic hydroxyl groups is 1. The van der Waals surface area contributed by atoms with E-state index >= 15 is 0 Å². The van der Waals surface area contributed by atoms with E-state index in [1.807, 2.05) is 18.2 Å². The average Bonchev–Trinajstić information content (AvgIpc) is 3.13. The number of aliphatic hydroxyl groups excluding tert-OH is 1. The Morgan fingerprint density at radius 3 is 2.31 bits per heavy atom. The fourth-order valence-electron chi connectivity index (χ4n) is 7.94. The minimum absolute atomic E-state index is 0.0545. The smallest absolute Gasteiger partial charge is 0.166 e. The highest BCUT2D eigenvalue weighted by molar-refractivity contribution is 6.18. The van der Waals surface area contributed by atoms with Crippen LogP contribution >= 0.6 is 0 Å². The Bertz CT molecular complexity index is 2220. The van der Waals surface area contributed by atoms with Crippen molar-refractivity contribution in [3.05, 3.63) is 126 Å². The van der Waals surface area contributed by atoms with Gasteiger partial charge in [0.25, 0.3) is 0 Å². The van der Waals surface area contributed by atoms with Crippen LogP contribution < -0.4 is 4.74 Å². The largest absolute Gasteiger partial charge is 0.490 e. The van der Waals surface area contributed by atoms with Gasteiger partial charge >= 0.3 is 0 Å². The number of hydrogen-bond donors (Lipinski definition) is 1. The maximum atomic E-state index is 13.4. The van der Waals surface area contributed by atoms with Gasteiger partial charge in [-0.25, -0.2) is 4.39 Å². The minimum atomic E-state index is -0.741. The molecule has 5 nitrogen and oxygen atoms in total. The number of nitrogens with zero attached hydrogens (tertiary/aromatic N) is 1. The number of piperidine rings is 1. The van der Waals surface area contributed by atoms with Crippen molar-refractivity contribution in [2.24, 2.45) is 5.92 Å². The maximum absolute atomic E-state index is 13.4. The van der Waals surface area contributed by atoms with Crippen LogP contribution in [0.1, 0.15) is 52.0 Å². The molecule has 0 aromatic heterocycles. The van der Waals surface area contributed by atoms with Crippen molar-refractivity contribution in [3.8, 4) is 16.9 Å². The van der Waals surface area contributed by atoms with Gasteiger partial charge in [0.1, 0.15) is 24.3 Å². The summed E-state index contributed by atoms with van der Waals surface area (Å²) in [5.41, 5.74) is 4.44. The third-order valence-electron chi connectivity index (χ3n) is 10.4. The van der Waals surface area contributed by atoms with E-state index in [-0.39, 0.29) is 29.9 Å². The van der Waals surface area contributed by atoms with Gasteiger partial charge in [0.05, 0.1) is 0 Å².